The molecular weight excluding hydrogens is 198 g/mol. The molecule has 1 fully saturated rings. The molecule has 88 valence electrons. The van der Waals surface area contributed by atoms with Gasteiger partial charge in [0.2, 0.25) is 0 Å². The smallest absolute Gasteiger partial charge is 0.0781 e. The lowest BCUT2D eigenvalue weighted by Crippen LogP contribution is -2.47. The molecule has 0 aromatic heterocycles. The molecule has 0 radical (unpaired) electrons. The normalized spacial score (nSPS) is 18.3. The minimum absolute atomic E-state index is 0.374. The zero-order valence-corrected chi connectivity index (χ0v) is 10.2. The molecule has 1 atom stereocenters. The van der Waals surface area contributed by atoms with Gasteiger partial charge in [-0.25, -0.2) is 0 Å². The van der Waals surface area contributed by atoms with Crippen molar-refractivity contribution in [2.24, 2.45) is 5.92 Å². The average molecular weight is 219 g/mol. The molecule has 1 heterocycles. The maximum absolute atomic E-state index is 9.72. The van der Waals surface area contributed by atoms with Crippen molar-refractivity contribution in [2.75, 3.05) is 18.0 Å². The second kappa shape index (κ2) is 4.88. The van der Waals surface area contributed by atoms with E-state index in [0.29, 0.717) is 0 Å². The monoisotopic (exact) mass is 219 g/mol. The van der Waals surface area contributed by atoms with Crippen LogP contribution in [0.4, 0.5) is 5.69 Å². The summed E-state index contributed by atoms with van der Waals surface area (Å²) in [5, 5.41) is 9.72. The van der Waals surface area contributed by atoms with Crippen molar-refractivity contribution in [3.63, 3.8) is 0 Å². The van der Waals surface area contributed by atoms with E-state index in [2.05, 4.69) is 17.9 Å². The first-order chi connectivity index (χ1) is 7.72. The molecule has 0 saturated carbocycles. The fraction of sp³-hybridized carbons (Fsp3) is 0.571. The Hall–Kier alpha value is -1.02. The number of anilines is 1. The molecule has 16 heavy (non-hydrogen) atoms. The van der Waals surface area contributed by atoms with Gasteiger partial charge in [0.05, 0.1) is 6.10 Å². The van der Waals surface area contributed by atoms with Crippen LogP contribution in [0.3, 0.4) is 0 Å². The number of hydrogen-bond donors (Lipinski definition) is 1. The standard InChI is InChI=1S/C14H21NO/c1-3-6-12-9-15(10-12)14-8-5-4-7-13(14)11(2)16/h4-5,7-8,11-12,16H,3,6,9-10H2,1-2H3. The molecule has 1 aliphatic heterocycles. The van der Waals surface area contributed by atoms with Crippen LogP contribution in [0.2, 0.25) is 0 Å². The molecule has 0 bridgehead atoms. The molecule has 2 rings (SSSR count). The summed E-state index contributed by atoms with van der Waals surface area (Å²) < 4.78 is 0. The predicted molar refractivity (Wildman–Crippen MR) is 67.7 cm³/mol. The molecule has 0 aliphatic carbocycles. The molecular formula is C14H21NO. The second-order valence-electron chi connectivity index (χ2n) is 4.79. The van der Waals surface area contributed by atoms with Crippen molar-refractivity contribution >= 4 is 5.69 Å². The number of aliphatic hydroxyl groups excluding tert-OH is 1. The van der Waals surface area contributed by atoms with Gasteiger partial charge in [0.25, 0.3) is 0 Å². The van der Waals surface area contributed by atoms with E-state index in [0.717, 1.165) is 24.6 Å². The molecule has 1 aromatic rings. The van der Waals surface area contributed by atoms with E-state index in [1.165, 1.54) is 18.5 Å². The third-order valence-corrected chi connectivity index (χ3v) is 3.38. The number of nitrogens with zero attached hydrogens (tertiary/aromatic N) is 1. The minimum Gasteiger partial charge on any atom is -0.389 e. The van der Waals surface area contributed by atoms with Crippen LogP contribution in [0.1, 0.15) is 38.4 Å². The average Bonchev–Trinajstić information content (AvgIpc) is 2.23. The van der Waals surface area contributed by atoms with Crippen molar-refractivity contribution in [3.05, 3.63) is 29.8 Å². The Morgan fingerprint density at radius 3 is 2.69 bits per heavy atom. The first kappa shape index (κ1) is 11.5. The van der Waals surface area contributed by atoms with E-state index in [4.69, 9.17) is 0 Å². The summed E-state index contributed by atoms with van der Waals surface area (Å²) in [5.74, 6) is 0.854. The second-order valence-corrected chi connectivity index (χ2v) is 4.79. The number of para-hydroxylation sites is 1. The largest absolute Gasteiger partial charge is 0.389 e. The number of benzene rings is 1. The first-order valence-corrected chi connectivity index (χ1v) is 6.24. The van der Waals surface area contributed by atoms with Crippen molar-refractivity contribution in [1.29, 1.82) is 0 Å². The summed E-state index contributed by atoms with van der Waals surface area (Å²) in [6.07, 6.45) is 2.23. The van der Waals surface area contributed by atoms with Crippen LogP contribution >= 0.6 is 0 Å². The predicted octanol–water partition coefficient (Wildman–Crippen LogP) is 2.98. The van der Waals surface area contributed by atoms with E-state index < -0.39 is 0 Å². The van der Waals surface area contributed by atoms with Crippen molar-refractivity contribution in [1.82, 2.24) is 0 Å². The molecule has 2 heteroatoms. The SMILES string of the molecule is CCCC1CN(c2ccccc2C(C)O)C1. The highest BCUT2D eigenvalue weighted by atomic mass is 16.3. The van der Waals surface area contributed by atoms with Crippen LogP contribution in [-0.4, -0.2) is 18.2 Å². The van der Waals surface area contributed by atoms with Gasteiger partial charge < -0.3 is 10.0 Å². The Bertz CT molecular complexity index is 342. The molecule has 1 unspecified atom stereocenters. The fourth-order valence-corrected chi connectivity index (χ4v) is 2.49. The van der Waals surface area contributed by atoms with Gasteiger partial charge in [-0.2, -0.15) is 0 Å². The van der Waals surface area contributed by atoms with Gasteiger partial charge in [-0.3, -0.25) is 0 Å². The maximum Gasteiger partial charge on any atom is 0.0781 e. The summed E-state index contributed by atoms with van der Waals surface area (Å²) in [4.78, 5) is 2.38. The highest BCUT2D eigenvalue weighted by Gasteiger charge is 2.27. The summed E-state index contributed by atoms with van der Waals surface area (Å²) >= 11 is 0. The van der Waals surface area contributed by atoms with Gasteiger partial charge in [-0.05, 0) is 25.3 Å². The lowest BCUT2D eigenvalue weighted by Gasteiger charge is -2.42. The minimum atomic E-state index is -0.374. The van der Waals surface area contributed by atoms with E-state index in [9.17, 15) is 5.11 Å². The molecule has 2 nitrogen and oxygen atoms in total. The first-order valence-electron chi connectivity index (χ1n) is 6.24. The Balaban J connectivity index is 2.05. The van der Waals surface area contributed by atoms with E-state index >= 15 is 0 Å². The lowest BCUT2D eigenvalue weighted by molar-refractivity contribution is 0.199. The summed E-state index contributed by atoms with van der Waals surface area (Å²) in [6.45, 7) is 6.38. The van der Waals surface area contributed by atoms with Gasteiger partial charge in [-0.1, -0.05) is 31.5 Å². The third kappa shape index (κ3) is 2.22. The zero-order chi connectivity index (χ0) is 11.5. The molecule has 0 spiro atoms. The van der Waals surface area contributed by atoms with Crippen LogP contribution in [-0.2, 0) is 0 Å². The quantitative estimate of drug-likeness (QED) is 0.841. The summed E-state index contributed by atoms with van der Waals surface area (Å²) in [7, 11) is 0. The highest BCUT2D eigenvalue weighted by Crippen LogP contribution is 2.32. The van der Waals surface area contributed by atoms with Crippen LogP contribution in [0.5, 0.6) is 0 Å². The van der Waals surface area contributed by atoms with Gasteiger partial charge in [0.1, 0.15) is 0 Å². The van der Waals surface area contributed by atoms with Gasteiger partial charge in [-0.15, -0.1) is 0 Å². The van der Waals surface area contributed by atoms with Gasteiger partial charge >= 0.3 is 0 Å². The fourth-order valence-electron chi connectivity index (χ4n) is 2.49. The Kier molecular flexibility index (Phi) is 3.49. The third-order valence-electron chi connectivity index (χ3n) is 3.38. The van der Waals surface area contributed by atoms with E-state index in [1.54, 1.807) is 0 Å². The van der Waals surface area contributed by atoms with Gasteiger partial charge in [0, 0.05) is 24.3 Å². The van der Waals surface area contributed by atoms with E-state index in [-0.39, 0.29) is 6.10 Å². The lowest BCUT2D eigenvalue weighted by atomic mass is 9.93. The Morgan fingerprint density at radius 1 is 1.38 bits per heavy atom. The topological polar surface area (TPSA) is 23.5 Å². The Labute approximate surface area is 97.9 Å². The molecule has 1 N–H and O–H groups in total. The molecule has 1 aliphatic rings. The van der Waals surface area contributed by atoms with E-state index in [1.807, 2.05) is 25.1 Å². The van der Waals surface area contributed by atoms with Crippen LogP contribution < -0.4 is 4.90 Å². The molecule has 1 aromatic carbocycles. The van der Waals surface area contributed by atoms with Gasteiger partial charge in [0.15, 0.2) is 0 Å². The van der Waals surface area contributed by atoms with Crippen molar-refractivity contribution in [2.45, 2.75) is 32.8 Å². The number of aliphatic hydroxyl groups is 1. The summed E-state index contributed by atoms with van der Waals surface area (Å²) in [6, 6.07) is 8.18. The number of hydrogen-bond acceptors (Lipinski definition) is 2. The maximum atomic E-state index is 9.72. The number of rotatable bonds is 4. The Morgan fingerprint density at radius 2 is 2.06 bits per heavy atom. The molecule has 1 saturated heterocycles. The van der Waals surface area contributed by atoms with Crippen molar-refractivity contribution < 1.29 is 5.11 Å². The highest BCUT2D eigenvalue weighted by molar-refractivity contribution is 5.56. The zero-order valence-electron chi connectivity index (χ0n) is 10.2. The van der Waals surface area contributed by atoms with Crippen LogP contribution in [0, 0.1) is 5.92 Å². The van der Waals surface area contributed by atoms with Crippen LogP contribution in [0.15, 0.2) is 24.3 Å². The summed E-state index contributed by atoms with van der Waals surface area (Å²) in [5.41, 5.74) is 2.27. The van der Waals surface area contributed by atoms with Crippen molar-refractivity contribution in [3.8, 4) is 0 Å². The van der Waals surface area contributed by atoms with Crippen LogP contribution in [0.25, 0.3) is 0 Å². The molecule has 0 amide bonds.